The van der Waals surface area contributed by atoms with E-state index in [4.69, 9.17) is 0 Å². The number of aryl methyl sites for hydroxylation is 1. The van der Waals surface area contributed by atoms with Crippen LogP contribution in [0.25, 0.3) is 0 Å². The molecular weight excluding hydrogens is 440 g/mol. The van der Waals surface area contributed by atoms with Crippen LogP contribution in [0, 0.1) is 6.92 Å². The molecule has 2 aromatic carbocycles. The average Bonchev–Trinajstić information content (AvgIpc) is 2.53. The number of sulfonamides is 2. The molecule has 1 heterocycles. The van der Waals surface area contributed by atoms with Crippen molar-refractivity contribution in [2.45, 2.75) is 24.7 Å². The van der Waals surface area contributed by atoms with Gasteiger partial charge in [0.25, 0.3) is 10.0 Å². The van der Waals surface area contributed by atoms with Crippen molar-refractivity contribution < 1.29 is 16.8 Å². The number of halogens is 1. The van der Waals surface area contributed by atoms with Gasteiger partial charge in [-0.3, -0.25) is 9.03 Å². The quantitative estimate of drug-likeness (QED) is 0.759. The van der Waals surface area contributed by atoms with Gasteiger partial charge >= 0.3 is 0 Å². The van der Waals surface area contributed by atoms with Crippen LogP contribution in [0.2, 0.25) is 0 Å². The van der Waals surface area contributed by atoms with E-state index in [-0.39, 0.29) is 10.6 Å². The first kappa shape index (κ1) is 19.2. The first-order valence-corrected chi connectivity index (χ1v) is 12.0. The lowest BCUT2D eigenvalue weighted by Crippen LogP contribution is -2.37. The van der Waals surface area contributed by atoms with Gasteiger partial charge in [-0.15, -0.1) is 0 Å². The molecule has 9 heteroatoms. The van der Waals surface area contributed by atoms with Gasteiger partial charge in [-0.25, -0.2) is 16.8 Å². The molecule has 0 spiro atoms. The average molecular weight is 459 g/mol. The molecule has 2 aromatic rings. The second-order valence-corrected chi connectivity index (χ2v) is 10.7. The Morgan fingerprint density at radius 3 is 2.54 bits per heavy atom. The molecule has 0 amide bonds. The van der Waals surface area contributed by atoms with Gasteiger partial charge in [0, 0.05) is 16.7 Å². The number of rotatable bonds is 4. The summed E-state index contributed by atoms with van der Waals surface area (Å²) in [6, 6.07) is 11.5. The van der Waals surface area contributed by atoms with Crippen LogP contribution in [-0.4, -0.2) is 29.1 Å². The van der Waals surface area contributed by atoms with Gasteiger partial charge in [0.1, 0.15) is 0 Å². The van der Waals surface area contributed by atoms with Crippen LogP contribution in [0.3, 0.4) is 0 Å². The van der Waals surface area contributed by atoms with Crippen molar-refractivity contribution in [2.75, 3.05) is 21.3 Å². The second kappa shape index (κ2) is 7.21. The first-order valence-electron chi connectivity index (χ1n) is 8.08. The Kier molecular flexibility index (Phi) is 5.32. The molecule has 1 aliphatic heterocycles. The molecule has 0 saturated carbocycles. The standard InChI is InChI=1S/C17H19BrN2O4S2/c1-13-11-16(20-9-2-3-10-25(20,21)22)7-8-17(13)26(23,24)19-15-6-4-5-14(18)12-15/h4-8,11-12,19H,2-3,9-10H2,1H3. The molecule has 0 unspecified atom stereocenters. The van der Waals surface area contributed by atoms with E-state index >= 15 is 0 Å². The number of hydrogen-bond donors (Lipinski definition) is 1. The lowest BCUT2D eigenvalue weighted by atomic mass is 10.2. The number of nitrogens with zero attached hydrogens (tertiary/aromatic N) is 1. The molecule has 1 N–H and O–H groups in total. The molecule has 0 bridgehead atoms. The Balaban J connectivity index is 1.92. The van der Waals surface area contributed by atoms with E-state index in [1.54, 1.807) is 43.3 Å². The number of nitrogens with one attached hydrogen (secondary N) is 1. The van der Waals surface area contributed by atoms with Crippen molar-refractivity contribution in [1.82, 2.24) is 0 Å². The summed E-state index contributed by atoms with van der Waals surface area (Å²) < 4.78 is 54.5. The van der Waals surface area contributed by atoms with Crippen molar-refractivity contribution in [3.05, 3.63) is 52.5 Å². The highest BCUT2D eigenvalue weighted by Gasteiger charge is 2.27. The van der Waals surface area contributed by atoms with Gasteiger partial charge in [-0.2, -0.15) is 0 Å². The Hall–Kier alpha value is -1.58. The molecule has 1 fully saturated rings. The van der Waals surface area contributed by atoms with Crippen molar-refractivity contribution in [2.24, 2.45) is 0 Å². The Bertz CT molecular complexity index is 1040. The molecular formula is C17H19BrN2O4S2. The highest BCUT2D eigenvalue weighted by molar-refractivity contribution is 9.10. The van der Waals surface area contributed by atoms with Crippen molar-refractivity contribution >= 4 is 47.4 Å². The fourth-order valence-electron chi connectivity index (χ4n) is 2.93. The predicted octanol–water partition coefficient (Wildman–Crippen LogP) is 3.49. The summed E-state index contributed by atoms with van der Waals surface area (Å²) in [6.45, 7) is 2.08. The van der Waals surface area contributed by atoms with E-state index in [1.165, 1.54) is 10.4 Å². The molecule has 6 nitrogen and oxygen atoms in total. The maximum absolute atomic E-state index is 12.7. The Morgan fingerprint density at radius 1 is 1.12 bits per heavy atom. The smallest absolute Gasteiger partial charge is 0.262 e. The topological polar surface area (TPSA) is 83.6 Å². The summed E-state index contributed by atoms with van der Waals surface area (Å²) in [4.78, 5) is 0.121. The third-order valence-electron chi connectivity index (χ3n) is 4.16. The third-order valence-corrected chi connectivity index (χ3v) is 8.07. The first-order chi connectivity index (χ1) is 12.2. The lowest BCUT2D eigenvalue weighted by molar-refractivity contribution is 0.574. The number of anilines is 2. The molecule has 26 heavy (non-hydrogen) atoms. The zero-order chi connectivity index (χ0) is 18.9. The van der Waals surface area contributed by atoms with Crippen molar-refractivity contribution in [3.63, 3.8) is 0 Å². The fourth-order valence-corrected chi connectivity index (χ4v) is 6.24. The van der Waals surface area contributed by atoms with E-state index in [9.17, 15) is 16.8 Å². The van der Waals surface area contributed by atoms with Crippen LogP contribution in [0.4, 0.5) is 11.4 Å². The van der Waals surface area contributed by atoms with E-state index in [0.29, 0.717) is 29.9 Å². The second-order valence-electron chi connectivity index (χ2n) is 6.16. The normalized spacial score (nSPS) is 17.1. The SMILES string of the molecule is Cc1cc(N2CCCCS2(=O)=O)ccc1S(=O)(=O)Nc1cccc(Br)c1. The van der Waals surface area contributed by atoms with Gasteiger partial charge in [0.05, 0.1) is 16.3 Å². The molecule has 140 valence electrons. The van der Waals surface area contributed by atoms with Crippen LogP contribution in [0.5, 0.6) is 0 Å². The lowest BCUT2D eigenvalue weighted by Gasteiger charge is -2.28. The van der Waals surface area contributed by atoms with Crippen LogP contribution in [-0.2, 0) is 20.0 Å². The van der Waals surface area contributed by atoms with Gasteiger partial charge in [0.15, 0.2) is 0 Å². The summed E-state index contributed by atoms with van der Waals surface area (Å²) in [5, 5.41) is 0. The van der Waals surface area contributed by atoms with Crippen molar-refractivity contribution in [3.8, 4) is 0 Å². The molecule has 0 aliphatic carbocycles. The maximum atomic E-state index is 12.7. The monoisotopic (exact) mass is 458 g/mol. The van der Waals surface area contributed by atoms with Crippen LogP contribution >= 0.6 is 15.9 Å². The predicted molar refractivity (Wildman–Crippen MR) is 106 cm³/mol. The minimum atomic E-state index is -3.78. The summed E-state index contributed by atoms with van der Waals surface area (Å²) in [7, 11) is -7.11. The van der Waals surface area contributed by atoms with E-state index < -0.39 is 20.0 Å². The largest absolute Gasteiger partial charge is 0.280 e. The van der Waals surface area contributed by atoms with Gasteiger partial charge in [-0.1, -0.05) is 22.0 Å². The minimum absolute atomic E-state index is 0.121. The summed E-state index contributed by atoms with van der Waals surface area (Å²) in [6.07, 6.45) is 1.45. The zero-order valence-corrected chi connectivity index (χ0v) is 17.4. The van der Waals surface area contributed by atoms with Crippen molar-refractivity contribution in [1.29, 1.82) is 0 Å². The fraction of sp³-hybridized carbons (Fsp3) is 0.294. The number of benzene rings is 2. The molecule has 0 aromatic heterocycles. The van der Waals surface area contributed by atoms with Gasteiger partial charge in [-0.05, 0) is 61.7 Å². The summed E-state index contributed by atoms with van der Waals surface area (Å²) in [5.74, 6) is 0.122. The van der Waals surface area contributed by atoms with Crippen LogP contribution in [0.1, 0.15) is 18.4 Å². The highest BCUT2D eigenvalue weighted by Crippen LogP contribution is 2.28. The van der Waals surface area contributed by atoms with E-state index in [2.05, 4.69) is 20.7 Å². The highest BCUT2D eigenvalue weighted by atomic mass is 79.9. The maximum Gasteiger partial charge on any atom is 0.262 e. The zero-order valence-electron chi connectivity index (χ0n) is 14.1. The van der Waals surface area contributed by atoms with E-state index in [0.717, 1.165) is 10.9 Å². The van der Waals surface area contributed by atoms with E-state index in [1.807, 2.05) is 0 Å². The molecule has 1 saturated heterocycles. The Morgan fingerprint density at radius 2 is 1.88 bits per heavy atom. The summed E-state index contributed by atoms with van der Waals surface area (Å²) in [5.41, 5.74) is 1.44. The summed E-state index contributed by atoms with van der Waals surface area (Å²) >= 11 is 3.31. The van der Waals surface area contributed by atoms with Gasteiger partial charge in [0.2, 0.25) is 10.0 Å². The molecule has 3 rings (SSSR count). The Labute approximate surface area is 162 Å². The van der Waals surface area contributed by atoms with Gasteiger partial charge < -0.3 is 0 Å². The van der Waals surface area contributed by atoms with Crippen LogP contribution in [0.15, 0.2) is 51.8 Å². The van der Waals surface area contributed by atoms with Crippen LogP contribution < -0.4 is 9.03 Å². The molecule has 0 atom stereocenters. The third kappa shape index (κ3) is 4.05. The molecule has 0 radical (unpaired) electrons. The minimum Gasteiger partial charge on any atom is -0.280 e. The molecule has 1 aliphatic rings. The number of hydrogen-bond acceptors (Lipinski definition) is 4.